The average Bonchev–Trinajstić information content (AvgIpc) is 3.03. The van der Waals surface area contributed by atoms with E-state index in [1.165, 1.54) is 32.8 Å². The van der Waals surface area contributed by atoms with E-state index in [9.17, 15) is 9.90 Å². The fourth-order valence-electron chi connectivity index (χ4n) is 2.44. The lowest BCUT2D eigenvalue weighted by molar-refractivity contribution is -0.140. The van der Waals surface area contributed by atoms with Crippen molar-refractivity contribution in [2.75, 3.05) is 13.7 Å². The van der Waals surface area contributed by atoms with Crippen molar-refractivity contribution in [2.24, 2.45) is 5.92 Å². The van der Waals surface area contributed by atoms with Gasteiger partial charge in [0.25, 0.3) is 0 Å². The van der Waals surface area contributed by atoms with E-state index in [4.69, 9.17) is 5.11 Å². The number of carbonyl (C=O) groups excluding carboxylic acids is 1. The molecule has 1 fully saturated rings. The lowest BCUT2D eigenvalue weighted by Crippen LogP contribution is -2.00. The normalized spacial score (nSPS) is 14.4. The molecule has 0 radical (unpaired) electrons. The van der Waals surface area contributed by atoms with E-state index < -0.39 is 0 Å². The van der Waals surface area contributed by atoms with Gasteiger partial charge < -0.3 is 14.9 Å². The number of aryl methyl sites for hydroxylation is 1. The highest BCUT2D eigenvalue weighted by Crippen LogP contribution is 2.23. The Balaban J connectivity index is 0.000000262. The molecule has 4 heteroatoms. The van der Waals surface area contributed by atoms with Gasteiger partial charge in [-0.1, -0.05) is 31.0 Å². The Hall–Kier alpha value is -1.55. The third-order valence-corrected chi connectivity index (χ3v) is 3.78. The Labute approximate surface area is 126 Å². The molecule has 0 unspecified atom stereocenters. The van der Waals surface area contributed by atoms with Gasteiger partial charge in [-0.05, 0) is 43.2 Å². The molecule has 1 aromatic carbocycles. The van der Waals surface area contributed by atoms with E-state index in [2.05, 4.69) is 4.74 Å². The number of aliphatic hydroxyl groups is 1. The molecule has 0 aromatic heterocycles. The summed E-state index contributed by atoms with van der Waals surface area (Å²) in [7, 11) is 1.38. The van der Waals surface area contributed by atoms with Crippen LogP contribution >= 0.6 is 0 Å². The maximum Gasteiger partial charge on any atom is 0.305 e. The van der Waals surface area contributed by atoms with E-state index in [-0.39, 0.29) is 11.7 Å². The van der Waals surface area contributed by atoms with Gasteiger partial charge in [-0.25, -0.2) is 0 Å². The Kier molecular flexibility index (Phi) is 8.51. The van der Waals surface area contributed by atoms with Crippen molar-refractivity contribution >= 4 is 5.97 Å². The lowest BCUT2D eigenvalue weighted by atomic mass is 10.1. The topological polar surface area (TPSA) is 66.8 Å². The second-order valence-corrected chi connectivity index (χ2v) is 5.39. The van der Waals surface area contributed by atoms with Gasteiger partial charge in [0, 0.05) is 13.0 Å². The van der Waals surface area contributed by atoms with E-state index in [0.717, 1.165) is 5.56 Å². The first kappa shape index (κ1) is 17.5. The van der Waals surface area contributed by atoms with Crippen LogP contribution in [0.4, 0.5) is 0 Å². The Morgan fingerprint density at radius 2 is 1.95 bits per heavy atom. The van der Waals surface area contributed by atoms with Gasteiger partial charge in [0.2, 0.25) is 0 Å². The maximum absolute atomic E-state index is 10.8. The minimum atomic E-state index is -0.208. The summed E-state index contributed by atoms with van der Waals surface area (Å²) < 4.78 is 4.52. The van der Waals surface area contributed by atoms with Gasteiger partial charge in [0.1, 0.15) is 5.75 Å². The summed E-state index contributed by atoms with van der Waals surface area (Å²) in [4.78, 5) is 10.8. The number of methoxy groups -OCH3 is 1. The fraction of sp³-hybridized carbons (Fsp3) is 0.588. The number of aliphatic hydroxyl groups excluding tert-OH is 1. The average molecular weight is 294 g/mol. The molecule has 0 saturated heterocycles. The van der Waals surface area contributed by atoms with Crippen LogP contribution in [0.5, 0.6) is 5.75 Å². The molecule has 1 saturated carbocycles. The largest absolute Gasteiger partial charge is 0.508 e. The molecule has 0 spiro atoms. The molecule has 0 amide bonds. The van der Waals surface area contributed by atoms with Crippen molar-refractivity contribution in [1.82, 2.24) is 0 Å². The van der Waals surface area contributed by atoms with Crippen LogP contribution in [-0.2, 0) is 16.0 Å². The van der Waals surface area contributed by atoms with Crippen LogP contribution in [0.3, 0.4) is 0 Å². The summed E-state index contributed by atoms with van der Waals surface area (Å²) in [5.41, 5.74) is 0.872. The summed E-state index contributed by atoms with van der Waals surface area (Å²) in [5.74, 6) is 0.734. The van der Waals surface area contributed by atoms with Crippen LogP contribution in [0.15, 0.2) is 24.3 Å². The predicted molar refractivity (Wildman–Crippen MR) is 82.1 cm³/mol. The second-order valence-electron chi connectivity index (χ2n) is 5.39. The Bertz CT molecular complexity index is 411. The molecule has 0 heterocycles. The monoisotopic (exact) mass is 294 g/mol. The van der Waals surface area contributed by atoms with Crippen molar-refractivity contribution in [1.29, 1.82) is 0 Å². The highest BCUT2D eigenvalue weighted by molar-refractivity contribution is 5.69. The van der Waals surface area contributed by atoms with Gasteiger partial charge in [0.15, 0.2) is 0 Å². The quantitative estimate of drug-likeness (QED) is 0.819. The third kappa shape index (κ3) is 7.14. The molecule has 1 aliphatic rings. The number of benzene rings is 1. The minimum Gasteiger partial charge on any atom is -0.508 e. The zero-order valence-corrected chi connectivity index (χ0v) is 12.8. The molecule has 0 atom stereocenters. The van der Waals surface area contributed by atoms with Crippen molar-refractivity contribution in [3.05, 3.63) is 29.8 Å². The zero-order valence-electron chi connectivity index (χ0n) is 12.8. The second kappa shape index (κ2) is 10.2. The molecule has 0 aliphatic heterocycles. The van der Waals surface area contributed by atoms with E-state index in [1.807, 2.05) is 12.1 Å². The predicted octanol–water partition coefficient (Wildman–Crippen LogP) is 3.06. The number of rotatable bonds is 5. The SMILES string of the molecule is COC(=O)CCCc1ccccc1O.OCC1CCCC1. The number of para-hydroxylation sites is 1. The molecule has 118 valence electrons. The number of carbonyl (C=O) groups is 1. The zero-order chi connectivity index (χ0) is 15.5. The fourth-order valence-corrected chi connectivity index (χ4v) is 2.44. The lowest BCUT2D eigenvalue weighted by Gasteiger charge is -2.02. The van der Waals surface area contributed by atoms with Crippen LogP contribution in [0.25, 0.3) is 0 Å². The van der Waals surface area contributed by atoms with E-state index >= 15 is 0 Å². The summed E-state index contributed by atoms with van der Waals surface area (Å²) in [6.45, 7) is 0.417. The smallest absolute Gasteiger partial charge is 0.305 e. The number of aromatic hydroxyl groups is 1. The molecule has 2 rings (SSSR count). The van der Waals surface area contributed by atoms with Crippen molar-refractivity contribution in [3.8, 4) is 5.75 Å². The van der Waals surface area contributed by atoms with Gasteiger partial charge in [0.05, 0.1) is 7.11 Å². The number of esters is 1. The number of phenolic OH excluding ortho intramolecular Hbond substituents is 1. The van der Waals surface area contributed by atoms with E-state index in [1.54, 1.807) is 12.1 Å². The van der Waals surface area contributed by atoms with Crippen LogP contribution in [0.1, 0.15) is 44.1 Å². The summed E-state index contributed by atoms with van der Waals surface area (Å²) >= 11 is 0. The molecule has 0 bridgehead atoms. The van der Waals surface area contributed by atoms with Crippen molar-refractivity contribution < 1.29 is 19.7 Å². The standard InChI is InChI=1S/C11H14O3.C6H12O/c1-14-11(13)8-4-6-9-5-2-3-7-10(9)12;7-5-6-3-1-2-4-6/h2-3,5,7,12H,4,6,8H2,1H3;6-7H,1-5H2. The Morgan fingerprint density at radius 3 is 2.48 bits per heavy atom. The molecule has 4 nitrogen and oxygen atoms in total. The van der Waals surface area contributed by atoms with Gasteiger partial charge >= 0.3 is 5.97 Å². The molecule has 1 aliphatic carbocycles. The maximum atomic E-state index is 10.8. The van der Waals surface area contributed by atoms with Gasteiger partial charge in [-0.15, -0.1) is 0 Å². The summed E-state index contributed by atoms with van der Waals surface area (Å²) in [6.07, 6.45) is 6.99. The van der Waals surface area contributed by atoms with Gasteiger partial charge in [-0.3, -0.25) is 4.79 Å². The minimum absolute atomic E-state index is 0.208. The molecular weight excluding hydrogens is 268 g/mol. The van der Waals surface area contributed by atoms with Crippen molar-refractivity contribution in [2.45, 2.75) is 44.9 Å². The highest BCUT2D eigenvalue weighted by atomic mass is 16.5. The summed E-state index contributed by atoms with van der Waals surface area (Å²) in [5, 5.41) is 18.0. The Morgan fingerprint density at radius 1 is 1.29 bits per heavy atom. The number of ether oxygens (including phenoxy) is 1. The first-order chi connectivity index (χ1) is 10.2. The third-order valence-electron chi connectivity index (χ3n) is 3.78. The number of phenols is 1. The van der Waals surface area contributed by atoms with Crippen LogP contribution in [0.2, 0.25) is 0 Å². The van der Waals surface area contributed by atoms with Crippen LogP contribution < -0.4 is 0 Å². The number of hydrogen-bond acceptors (Lipinski definition) is 4. The van der Waals surface area contributed by atoms with Crippen LogP contribution in [0, 0.1) is 5.92 Å². The molecule has 21 heavy (non-hydrogen) atoms. The van der Waals surface area contributed by atoms with E-state index in [0.29, 0.717) is 31.8 Å². The highest BCUT2D eigenvalue weighted by Gasteiger charge is 2.12. The summed E-state index contributed by atoms with van der Waals surface area (Å²) in [6, 6.07) is 7.15. The van der Waals surface area contributed by atoms with Gasteiger partial charge in [-0.2, -0.15) is 0 Å². The van der Waals surface area contributed by atoms with Crippen LogP contribution in [-0.4, -0.2) is 29.9 Å². The first-order valence-electron chi connectivity index (χ1n) is 7.62. The molecule has 1 aromatic rings. The van der Waals surface area contributed by atoms with Crippen molar-refractivity contribution in [3.63, 3.8) is 0 Å². The molecule has 2 N–H and O–H groups in total. The molecular formula is C17H26O4. The first-order valence-corrected chi connectivity index (χ1v) is 7.62. The number of hydrogen-bond donors (Lipinski definition) is 2.